The van der Waals surface area contributed by atoms with Crippen LogP contribution in [0.25, 0.3) is 0 Å². The number of hydrogen-bond acceptors (Lipinski definition) is 4. The fraction of sp³-hybridized carbons (Fsp3) is 0.158. The lowest BCUT2D eigenvalue weighted by Crippen LogP contribution is -2.23. The van der Waals surface area contributed by atoms with Gasteiger partial charge in [-0.1, -0.05) is 24.3 Å². The molecule has 0 aliphatic rings. The van der Waals surface area contributed by atoms with Crippen LogP contribution < -0.4 is 15.8 Å². The van der Waals surface area contributed by atoms with Crippen molar-refractivity contribution in [2.75, 3.05) is 11.9 Å². The summed E-state index contributed by atoms with van der Waals surface area (Å²) in [6.07, 6.45) is 0.782. The molecular weight excluding hydrogens is 332 g/mol. The molecule has 0 saturated heterocycles. The third kappa shape index (κ3) is 5.32. The Morgan fingerprint density at radius 2 is 1.96 bits per heavy atom. The number of hydrogen-bond donors (Lipinski definition) is 2. The summed E-state index contributed by atoms with van der Waals surface area (Å²) in [5.74, 6) is 1.91. The van der Waals surface area contributed by atoms with E-state index in [-0.39, 0.29) is 0 Å². The van der Waals surface area contributed by atoms with Crippen LogP contribution >= 0.6 is 11.3 Å². The number of nitrogens with one attached hydrogen (secondary N) is 1. The fourth-order valence-corrected chi connectivity index (χ4v) is 2.91. The SMILES string of the molecule is Cc1nc(CCN=C(N)Nc2cccc(Oc3ccccc3)c2)cs1. The van der Waals surface area contributed by atoms with Gasteiger partial charge in [-0.25, -0.2) is 4.98 Å². The maximum absolute atomic E-state index is 5.96. The van der Waals surface area contributed by atoms with Gasteiger partial charge in [-0.05, 0) is 31.2 Å². The van der Waals surface area contributed by atoms with E-state index in [1.807, 2.05) is 61.5 Å². The lowest BCUT2D eigenvalue weighted by atomic mass is 10.3. The van der Waals surface area contributed by atoms with E-state index in [0.29, 0.717) is 12.5 Å². The number of benzene rings is 2. The molecule has 0 atom stereocenters. The van der Waals surface area contributed by atoms with Gasteiger partial charge in [0.25, 0.3) is 0 Å². The summed E-state index contributed by atoms with van der Waals surface area (Å²) < 4.78 is 5.81. The van der Waals surface area contributed by atoms with Crippen molar-refractivity contribution in [1.82, 2.24) is 4.98 Å². The summed E-state index contributed by atoms with van der Waals surface area (Å²) in [6, 6.07) is 17.3. The first-order valence-electron chi connectivity index (χ1n) is 8.00. The van der Waals surface area contributed by atoms with Gasteiger partial charge in [-0.3, -0.25) is 4.99 Å². The van der Waals surface area contributed by atoms with Crippen molar-refractivity contribution in [1.29, 1.82) is 0 Å². The van der Waals surface area contributed by atoms with Crippen molar-refractivity contribution < 1.29 is 4.74 Å². The Bertz CT molecular complexity index is 845. The molecule has 0 aliphatic carbocycles. The van der Waals surface area contributed by atoms with Crippen LogP contribution in [0.4, 0.5) is 5.69 Å². The number of anilines is 1. The van der Waals surface area contributed by atoms with Crippen LogP contribution in [0.2, 0.25) is 0 Å². The number of aryl methyl sites for hydroxylation is 1. The summed E-state index contributed by atoms with van der Waals surface area (Å²) in [5, 5.41) is 6.21. The van der Waals surface area contributed by atoms with E-state index in [0.717, 1.165) is 34.3 Å². The van der Waals surface area contributed by atoms with Crippen molar-refractivity contribution in [3.63, 3.8) is 0 Å². The summed E-state index contributed by atoms with van der Waals surface area (Å²) in [4.78, 5) is 8.76. The van der Waals surface area contributed by atoms with Crippen LogP contribution in [-0.4, -0.2) is 17.5 Å². The zero-order valence-electron chi connectivity index (χ0n) is 14.0. The largest absolute Gasteiger partial charge is 0.457 e. The average molecular weight is 352 g/mol. The second-order valence-electron chi connectivity index (χ2n) is 5.44. The molecule has 1 heterocycles. The van der Waals surface area contributed by atoms with E-state index >= 15 is 0 Å². The molecule has 0 spiro atoms. The van der Waals surface area contributed by atoms with Gasteiger partial charge in [0.15, 0.2) is 5.96 Å². The van der Waals surface area contributed by atoms with Gasteiger partial charge in [0.2, 0.25) is 0 Å². The minimum atomic E-state index is 0.379. The van der Waals surface area contributed by atoms with Crippen molar-refractivity contribution in [3.05, 3.63) is 70.7 Å². The van der Waals surface area contributed by atoms with E-state index in [1.165, 1.54) is 0 Å². The first-order valence-corrected chi connectivity index (χ1v) is 8.88. The van der Waals surface area contributed by atoms with Gasteiger partial charge in [-0.2, -0.15) is 0 Å². The predicted octanol–water partition coefficient (Wildman–Crippen LogP) is 4.21. The molecule has 0 bridgehead atoms. The zero-order valence-corrected chi connectivity index (χ0v) is 14.8. The number of thiazole rings is 1. The monoisotopic (exact) mass is 352 g/mol. The number of nitrogens with zero attached hydrogens (tertiary/aromatic N) is 2. The number of ether oxygens (including phenoxy) is 1. The molecule has 0 unspecified atom stereocenters. The van der Waals surface area contributed by atoms with Crippen LogP contribution in [-0.2, 0) is 6.42 Å². The average Bonchev–Trinajstić information content (AvgIpc) is 3.01. The Balaban J connectivity index is 1.56. The predicted molar refractivity (Wildman–Crippen MR) is 104 cm³/mol. The molecule has 3 aromatic rings. The molecule has 1 aromatic heterocycles. The van der Waals surface area contributed by atoms with Gasteiger partial charge >= 0.3 is 0 Å². The molecule has 25 heavy (non-hydrogen) atoms. The Morgan fingerprint density at radius 1 is 1.16 bits per heavy atom. The maximum atomic E-state index is 5.96. The van der Waals surface area contributed by atoms with E-state index in [9.17, 15) is 0 Å². The van der Waals surface area contributed by atoms with Crippen molar-refractivity contribution in [2.24, 2.45) is 10.7 Å². The highest BCUT2D eigenvalue weighted by molar-refractivity contribution is 7.09. The molecular formula is C19H20N4OS. The second-order valence-corrected chi connectivity index (χ2v) is 6.50. The van der Waals surface area contributed by atoms with Crippen LogP contribution in [0.5, 0.6) is 11.5 Å². The zero-order chi connectivity index (χ0) is 17.5. The summed E-state index contributed by atoms with van der Waals surface area (Å²) in [6.45, 7) is 2.60. The third-order valence-electron chi connectivity index (χ3n) is 3.40. The Kier molecular flexibility index (Phi) is 5.64. The van der Waals surface area contributed by atoms with Gasteiger partial charge in [0, 0.05) is 30.1 Å². The molecule has 5 nitrogen and oxygen atoms in total. The van der Waals surface area contributed by atoms with Crippen LogP contribution in [0.1, 0.15) is 10.7 Å². The Morgan fingerprint density at radius 3 is 2.72 bits per heavy atom. The second kappa shape index (κ2) is 8.30. The number of nitrogens with two attached hydrogens (primary N) is 1. The summed E-state index contributed by atoms with van der Waals surface area (Å²) >= 11 is 1.65. The van der Waals surface area contributed by atoms with Crippen LogP contribution in [0, 0.1) is 6.92 Å². The first-order chi connectivity index (χ1) is 12.2. The topological polar surface area (TPSA) is 72.5 Å². The third-order valence-corrected chi connectivity index (χ3v) is 4.22. The number of rotatable bonds is 6. The van der Waals surface area contributed by atoms with Gasteiger partial charge < -0.3 is 15.8 Å². The van der Waals surface area contributed by atoms with Gasteiger partial charge in [0.05, 0.1) is 10.7 Å². The van der Waals surface area contributed by atoms with Crippen LogP contribution in [0.3, 0.4) is 0 Å². The lowest BCUT2D eigenvalue weighted by Gasteiger charge is -2.09. The molecule has 3 N–H and O–H groups in total. The molecule has 128 valence electrons. The highest BCUT2D eigenvalue weighted by atomic mass is 32.1. The maximum Gasteiger partial charge on any atom is 0.193 e. The Hall–Kier alpha value is -2.86. The first kappa shape index (κ1) is 17.0. The summed E-state index contributed by atoms with van der Waals surface area (Å²) in [7, 11) is 0. The fourth-order valence-electron chi connectivity index (χ4n) is 2.26. The van der Waals surface area contributed by atoms with Gasteiger partial charge in [0.1, 0.15) is 11.5 Å². The minimum absolute atomic E-state index is 0.379. The number of para-hydroxylation sites is 1. The molecule has 3 rings (SSSR count). The molecule has 0 amide bonds. The summed E-state index contributed by atoms with van der Waals surface area (Å²) in [5.41, 5.74) is 7.84. The van der Waals surface area contributed by atoms with Gasteiger partial charge in [-0.15, -0.1) is 11.3 Å². The van der Waals surface area contributed by atoms with E-state index < -0.39 is 0 Å². The molecule has 0 radical (unpaired) electrons. The smallest absolute Gasteiger partial charge is 0.193 e. The molecule has 0 saturated carbocycles. The van der Waals surface area contributed by atoms with Crippen LogP contribution in [0.15, 0.2) is 65.0 Å². The minimum Gasteiger partial charge on any atom is -0.457 e. The Labute approximate surface area is 151 Å². The number of guanidine groups is 1. The number of aromatic nitrogens is 1. The number of aliphatic imine (C=N–C) groups is 1. The van der Waals surface area contributed by atoms with E-state index in [4.69, 9.17) is 10.5 Å². The van der Waals surface area contributed by atoms with Crippen molar-refractivity contribution in [3.8, 4) is 11.5 Å². The molecule has 2 aromatic carbocycles. The van der Waals surface area contributed by atoms with Crippen molar-refractivity contribution >= 4 is 23.0 Å². The van der Waals surface area contributed by atoms with E-state index in [2.05, 4.69) is 20.7 Å². The highest BCUT2D eigenvalue weighted by Crippen LogP contribution is 2.23. The molecule has 6 heteroatoms. The van der Waals surface area contributed by atoms with Crippen molar-refractivity contribution in [2.45, 2.75) is 13.3 Å². The highest BCUT2D eigenvalue weighted by Gasteiger charge is 2.01. The molecule has 0 fully saturated rings. The van der Waals surface area contributed by atoms with E-state index in [1.54, 1.807) is 11.3 Å². The normalized spacial score (nSPS) is 11.3. The lowest BCUT2D eigenvalue weighted by molar-refractivity contribution is 0.483. The standard InChI is InChI=1S/C19H20N4OS/c1-14-22-16(13-25-14)10-11-21-19(20)23-15-6-5-9-18(12-15)24-17-7-3-2-4-8-17/h2-9,12-13H,10-11H2,1H3,(H3,20,21,23). The quantitative estimate of drug-likeness (QED) is 0.515. The molecule has 0 aliphatic heterocycles.